The summed E-state index contributed by atoms with van der Waals surface area (Å²) in [6.07, 6.45) is 2.88. The molecule has 1 amide bonds. The summed E-state index contributed by atoms with van der Waals surface area (Å²) in [5.41, 5.74) is 5.99. The van der Waals surface area contributed by atoms with Crippen LogP contribution in [0.1, 0.15) is 58.3 Å². The van der Waals surface area contributed by atoms with E-state index < -0.39 is 5.95 Å². The monoisotopic (exact) mass is 545 g/mol. The highest BCUT2D eigenvalue weighted by Gasteiger charge is 2.32. The van der Waals surface area contributed by atoms with E-state index in [1.54, 1.807) is 26.2 Å². The highest BCUT2D eigenvalue weighted by Crippen LogP contribution is 2.36. The first-order valence-corrected chi connectivity index (χ1v) is 13.6. The maximum atomic E-state index is 14.0. The molecule has 0 saturated heterocycles. The third-order valence-electron chi connectivity index (χ3n) is 7.41. The molecule has 9 heteroatoms. The number of hydrogen-bond acceptors (Lipinski definition) is 7. The van der Waals surface area contributed by atoms with Crippen molar-refractivity contribution in [2.75, 3.05) is 47.0 Å². The van der Waals surface area contributed by atoms with Gasteiger partial charge in [-0.3, -0.25) is 9.78 Å². The van der Waals surface area contributed by atoms with Gasteiger partial charge >= 0.3 is 0 Å². The Hall–Kier alpha value is -3.87. The van der Waals surface area contributed by atoms with E-state index in [2.05, 4.69) is 27.0 Å². The number of aromatic nitrogens is 2. The molecular formula is C31H36FN5O3. The number of nitriles is 1. The van der Waals surface area contributed by atoms with Crippen molar-refractivity contribution in [2.45, 2.75) is 39.7 Å². The molecule has 4 rings (SSSR count). The van der Waals surface area contributed by atoms with E-state index in [9.17, 15) is 14.4 Å². The number of benzene rings is 1. The SMILES string of the molecule is CCOc1cc(C(C)N2CCc3c(cc(CCN(C)CCOC)cc3-c3ccc(F)nc3C)C2=O)ncc1C#N. The van der Waals surface area contributed by atoms with Crippen LogP contribution in [0.15, 0.2) is 36.5 Å². The molecule has 0 N–H and O–H groups in total. The fraction of sp³-hybridized carbons (Fsp3) is 0.419. The molecule has 0 spiro atoms. The van der Waals surface area contributed by atoms with Crippen LogP contribution in [-0.4, -0.2) is 72.7 Å². The van der Waals surface area contributed by atoms with Crippen molar-refractivity contribution in [2.24, 2.45) is 0 Å². The van der Waals surface area contributed by atoms with Crippen molar-refractivity contribution in [1.29, 1.82) is 5.26 Å². The van der Waals surface area contributed by atoms with Crippen LogP contribution in [0.25, 0.3) is 11.1 Å². The summed E-state index contributed by atoms with van der Waals surface area (Å²) in [5.74, 6) is -0.141. The zero-order chi connectivity index (χ0) is 28.8. The topological polar surface area (TPSA) is 91.6 Å². The highest BCUT2D eigenvalue weighted by atomic mass is 19.1. The normalized spacial score (nSPS) is 13.8. The van der Waals surface area contributed by atoms with Gasteiger partial charge in [-0.25, -0.2) is 4.98 Å². The second-order valence-electron chi connectivity index (χ2n) is 10.1. The first kappa shape index (κ1) is 29.1. The lowest BCUT2D eigenvalue weighted by molar-refractivity contribution is 0.0669. The number of rotatable bonds is 11. The Morgan fingerprint density at radius 3 is 2.67 bits per heavy atom. The standard InChI is InChI=1S/C31H36FN5O3/c1-6-40-29-17-28(34-19-23(29)18-33)21(3)37-12-10-25-26(24-7-8-30(32)35-20(24)2)15-22(16-27(25)31(37)38)9-11-36(4)13-14-39-5/h7-8,15-17,19,21H,6,9-14H2,1-5H3. The molecule has 210 valence electrons. The Labute approximate surface area is 235 Å². The molecule has 1 aromatic carbocycles. The largest absolute Gasteiger partial charge is 0.492 e. The number of nitrogens with zero attached hydrogens (tertiary/aromatic N) is 5. The summed E-state index contributed by atoms with van der Waals surface area (Å²) in [6.45, 7) is 8.76. The maximum Gasteiger partial charge on any atom is 0.254 e. The van der Waals surface area contributed by atoms with Gasteiger partial charge in [0.15, 0.2) is 0 Å². The number of fused-ring (bicyclic) bond motifs is 1. The average Bonchev–Trinajstić information content (AvgIpc) is 2.95. The number of aryl methyl sites for hydroxylation is 1. The van der Waals surface area contributed by atoms with Crippen LogP contribution in [0.3, 0.4) is 0 Å². The molecule has 1 aliphatic heterocycles. The summed E-state index contributed by atoms with van der Waals surface area (Å²) >= 11 is 0. The van der Waals surface area contributed by atoms with E-state index in [1.165, 1.54) is 12.3 Å². The van der Waals surface area contributed by atoms with Gasteiger partial charge in [-0.2, -0.15) is 9.65 Å². The maximum absolute atomic E-state index is 14.0. The van der Waals surface area contributed by atoms with Crippen LogP contribution in [0.4, 0.5) is 4.39 Å². The number of halogens is 1. The Morgan fingerprint density at radius 2 is 1.98 bits per heavy atom. The molecule has 3 heterocycles. The molecule has 3 aromatic rings. The van der Waals surface area contributed by atoms with E-state index in [0.29, 0.717) is 54.4 Å². The number of likely N-dealkylation sites (N-methyl/N-ethyl adjacent to an activating group) is 1. The second kappa shape index (κ2) is 13.0. The average molecular weight is 546 g/mol. The predicted octanol–water partition coefficient (Wildman–Crippen LogP) is 4.74. The van der Waals surface area contributed by atoms with Crippen LogP contribution in [0.5, 0.6) is 5.75 Å². The van der Waals surface area contributed by atoms with Crippen LogP contribution in [0.2, 0.25) is 0 Å². The quantitative estimate of drug-likeness (QED) is 0.321. The van der Waals surface area contributed by atoms with E-state index >= 15 is 0 Å². The van der Waals surface area contributed by atoms with E-state index in [1.807, 2.05) is 31.9 Å². The molecule has 0 bridgehead atoms. The van der Waals surface area contributed by atoms with Gasteiger partial charge in [0.1, 0.15) is 17.4 Å². The summed E-state index contributed by atoms with van der Waals surface area (Å²) < 4.78 is 24.7. The molecule has 0 saturated carbocycles. The fourth-order valence-corrected chi connectivity index (χ4v) is 5.13. The van der Waals surface area contributed by atoms with E-state index in [0.717, 1.165) is 41.8 Å². The van der Waals surface area contributed by atoms with Gasteiger partial charge in [0.05, 0.1) is 24.9 Å². The van der Waals surface area contributed by atoms with Gasteiger partial charge in [-0.15, -0.1) is 0 Å². The molecule has 1 unspecified atom stereocenters. The number of hydrogen-bond donors (Lipinski definition) is 0. The predicted molar refractivity (Wildman–Crippen MR) is 151 cm³/mol. The van der Waals surface area contributed by atoms with Crippen LogP contribution < -0.4 is 4.74 Å². The fourth-order valence-electron chi connectivity index (χ4n) is 5.13. The zero-order valence-corrected chi connectivity index (χ0v) is 23.8. The first-order chi connectivity index (χ1) is 19.3. The Balaban J connectivity index is 1.71. The number of methoxy groups -OCH3 is 1. The summed E-state index contributed by atoms with van der Waals surface area (Å²) in [4.78, 5) is 26.6. The second-order valence-corrected chi connectivity index (χ2v) is 10.1. The third kappa shape index (κ3) is 6.30. The third-order valence-corrected chi connectivity index (χ3v) is 7.41. The van der Waals surface area contributed by atoms with E-state index in [-0.39, 0.29) is 11.9 Å². The van der Waals surface area contributed by atoms with Crippen LogP contribution in [-0.2, 0) is 17.6 Å². The molecule has 1 aliphatic rings. The van der Waals surface area contributed by atoms with Crippen molar-refractivity contribution < 1.29 is 18.7 Å². The molecular weight excluding hydrogens is 509 g/mol. The van der Waals surface area contributed by atoms with Gasteiger partial charge in [0.2, 0.25) is 5.95 Å². The number of amides is 1. The minimum Gasteiger partial charge on any atom is -0.492 e. The van der Waals surface area contributed by atoms with Gasteiger partial charge < -0.3 is 19.3 Å². The molecule has 40 heavy (non-hydrogen) atoms. The lowest BCUT2D eigenvalue weighted by Gasteiger charge is -2.35. The van der Waals surface area contributed by atoms with Gasteiger partial charge in [-0.05, 0) is 75.5 Å². The number of carbonyl (C=O) groups is 1. The highest BCUT2D eigenvalue weighted by molar-refractivity contribution is 5.99. The minimum atomic E-state index is -0.525. The first-order valence-electron chi connectivity index (χ1n) is 13.6. The molecule has 8 nitrogen and oxygen atoms in total. The molecule has 0 radical (unpaired) electrons. The van der Waals surface area contributed by atoms with Gasteiger partial charge in [-0.1, -0.05) is 6.07 Å². The summed E-state index contributed by atoms with van der Waals surface area (Å²) in [6, 6.07) is 10.8. The van der Waals surface area contributed by atoms with Gasteiger partial charge in [0, 0.05) is 55.8 Å². The van der Waals surface area contributed by atoms with Crippen molar-refractivity contribution >= 4 is 5.91 Å². The van der Waals surface area contributed by atoms with Crippen molar-refractivity contribution in [3.63, 3.8) is 0 Å². The number of carbonyl (C=O) groups excluding carboxylic acids is 1. The summed E-state index contributed by atoms with van der Waals surface area (Å²) in [7, 11) is 3.73. The molecule has 2 aromatic heterocycles. The zero-order valence-electron chi connectivity index (χ0n) is 23.8. The molecule has 1 atom stereocenters. The lowest BCUT2D eigenvalue weighted by Crippen LogP contribution is -2.40. The smallest absolute Gasteiger partial charge is 0.254 e. The van der Waals surface area contributed by atoms with Crippen LogP contribution in [0, 0.1) is 24.2 Å². The van der Waals surface area contributed by atoms with Crippen molar-refractivity contribution in [3.8, 4) is 22.9 Å². The van der Waals surface area contributed by atoms with Gasteiger partial charge in [0.25, 0.3) is 5.91 Å². The lowest BCUT2D eigenvalue weighted by atomic mass is 9.86. The van der Waals surface area contributed by atoms with E-state index in [4.69, 9.17) is 9.47 Å². The number of ether oxygens (including phenoxy) is 2. The number of pyridine rings is 2. The Morgan fingerprint density at radius 1 is 1.20 bits per heavy atom. The summed E-state index contributed by atoms with van der Waals surface area (Å²) in [5, 5.41) is 9.41. The Bertz CT molecular complexity index is 1420. The van der Waals surface area contributed by atoms with Crippen LogP contribution >= 0.6 is 0 Å². The van der Waals surface area contributed by atoms with Crippen molar-refractivity contribution in [3.05, 3.63) is 76.1 Å². The minimum absolute atomic E-state index is 0.0820. The molecule has 0 fully saturated rings. The Kier molecular flexibility index (Phi) is 9.46. The molecule has 0 aliphatic carbocycles. The van der Waals surface area contributed by atoms with Crippen molar-refractivity contribution in [1.82, 2.24) is 19.8 Å².